The Labute approximate surface area is 159 Å². The minimum absolute atomic E-state index is 0.256. The van der Waals surface area contributed by atoms with Gasteiger partial charge in [-0.05, 0) is 56.7 Å². The summed E-state index contributed by atoms with van der Waals surface area (Å²) in [6.45, 7) is 8.21. The van der Waals surface area contributed by atoms with Crippen molar-refractivity contribution >= 4 is 0 Å². The highest BCUT2D eigenvalue weighted by molar-refractivity contribution is 5.22. The van der Waals surface area contributed by atoms with Crippen molar-refractivity contribution in [3.63, 3.8) is 0 Å². The molecule has 2 nitrogen and oxygen atoms in total. The fourth-order valence-corrected chi connectivity index (χ4v) is 2.96. The maximum absolute atomic E-state index is 3.80. The van der Waals surface area contributed by atoms with Gasteiger partial charge in [-0.2, -0.15) is 0 Å². The monoisotopic (exact) mass is 348 g/mol. The topological polar surface area (TPSA) is 24.1 Å². The minimum atomic E-state index is 0.256. The molecule has 0 amide bonds. The Balaban J connectivity index is 2.02. The SMILES string of the molecule is C=CCCCCC=C(N[C@H](C)c1ccccc1)N[C@H](C)c1ccccc1. The lowest BCUT2D eigenvalue weighted by molar-refractivity contribution is 0.546. The van der Waals surface area contributed by atoms with Crippen LogP contribution in [0.2, 0.25) is 0 Å². The zero-order valence-corrected chi connectivity index (χ0v) is 16.1. The standard InChI is InChI=1S/C24H32N2/c1-4-5-6-7-14-19-24(25-20(2)22-15-10-8-11-16-22)26-21(3)23-17-12-9-13-18-23/h4,8-13,15-21,25-26H,1,5-7,14H2,2-3H3/t20-,21-/m1/s1. The van der Waals surface area contributed by atoms with Crippen LogP contribution in [0, 0.1) is 0 Å². The quantitative estimate of drug-likeness (QED) is 0.369. The lowest BCUT2D eigenvalue weighted by Gasteiger charge is -2.24. The maximum Gasteiger partial charge on any atom is 0.0954 e. The molecule has 26 heavy (non-hydrogen) atoms. The second kappa shape index (κ2) is 11.2. The summed E-state index contributed by atoms with van der Waals surface area (Å²) < 4.78 is 0. The van der Waals surface area contributed by atoms with Crippen LogP contribution in [-0.4, -0.2) is 0 Å². The van der Waals surface area contributed by atoms with Gasteiger partial charge in [-0.1, -0.05) is 66.7 Å². The van der Waals surface area contributed by atoms with Gasteiger partial charge in [0.15, 0.2) is 0 Å². The summed E-state index contributed by atoms with van der Waals surface area (Å²) in [5.41, 5.74) is 2.58. The van der Waals surface area contributed by atoms with Crippen LogP contribution in [0.4, 0.5) is 0 Å². The highest BCUT2D eigenvalue weighted by Gasteiger charge is 2.10. The van der Waals surface area contributed by atoms with Gasteiger partial charge in [0.25, 0.3) is 0 Å². The van der Waals surface area contributed by atoms with Crippen molar-refractivity contribution in [1.29, 1.82) is 0 Å². The predicted molar refractivity (Wildman–Crippen MR) is 113 cm³/mol. The third-order valence-electron chi connectivity index (χ3n) is 4.55. The first-order valence-electron chi connectivity index (χ1n) is 9.64. The minimum Gasteiger partial charge on any atom is -0.366 e. The molecule has 0 bridgehead atoms. The number of nitrogens with one attached hydrogen (secondary N) is 2. The number of allylic oxidation sites excluding steroid dienone is 2. The van der Waals surface area contributed by atoms with Crippen molar-refractivity contribution in [3.8, 4) is 0 Å². The Hall–Kier alpha value is -2.48. The molecule has 2 heteroatoms. The van der Waals surface area contributed by atoms with Crippen molar-refractivity contribution in [3.05, 3.63) is 96.3 Å². The largest absolute Gasteiger partial charge is 0.366 e. The third-order valence-corrected chi connectivity index (χ3v) is 4.55. The van der Waals surface area contributed by atoms with E-state index in [2.05, 4.69) is 97.8 Å². The third kappa shape index (κ3) is 6.79. The predicted octanol–water partition coefficient (Wildman–Crippen LogP) is 6.28. The lowest BCUT2D eigenvalue weighted by Crippen LogP contribution is -2.30. The molecule has 2 aromatic carbocycles. The average Bonchev–Trinajstić information content (AvgIpc) is 2.69. The number of unbranched alkanes of at least 4 members (excludes halogenated alkanes) is 3. The Morgan fingerprint density at radius 1 is 0.808 bits per heavy atom. The molecule has 0 aliphatic rings. The maximum atomic E-state index is 3.80. The van der Waals surface area contributed by atoms with E-state index in [0.29, 0.717) is 0 Å². The van der Waals surface area contributed by atoms with Crippen molar-refractivity contribution in [2.75, 3.05) is 0 Å². The number of rotatable bonds is 11. The Morgan fingerprint density at radius 2 is 1.27 bits per heavy atom. The van der Waals surface area contributed by atoms with E-state index in [0.717, 1.165) is 18.7 Å². The molecule has 2 aromatic rings. The van der Waals surface area contributed by atoms with Crippen LogP contribution < -0.4 is 10.6 Å². The van der Waals surface area contributed by atoms with Gasteiger partial charge in [0.2, 0.25) is 0 Å². The first-order valence-corrected chi connectivity index (χ1v) is 9.64. The summed E-state index contributed by atoms with van der Waals surface area (Å²) in [6, 6.07) is 21.7. The van der Waals surface area contributed by atoms with Crippen molar-refractivity contribution in [2.45, 2.75) is 51.6 Å². The van der Waals surface area contributed by atoms with Crippen molar-refractivity contribution in [2.24, 2.45) is 0 Å². The van der Waals surface area contributed by atoms with Gasteiger partial charge in [0.05, 0.1) is 5.82 Å². The van der Waals surface area contributed by atoms with E-state index in [1.165, 1.54) is 24.0 Å². The summed E-state index contributed by atoms with van der Waals surface area (Å²) in [4.78, 5) is 0. The number of hydrogen-bond acceptors (Lipinski definition) is 2. The van der Waals surface area contributed by atoms with Crippen LogP contribution in [-0.2, 0) is 0 Å². The van der Waals surface area contributed by atoms with Crippen LogP contribution in [0.15, 0.2) is 85.2 Å². The molecule has 0 fully saturated rings. The molecule has 2 atom stereocenters. The fourth-order valence-electron chi connectivity index (χ4n) is 2.96. The highest BCUT2D eigenvalue weighted by Crippen LogP contribution is 2.17. The van der Waals surface area contributed by atoms with Crippen LogP contribution >= 0.6 is 0 Å². The Bertz CT molecular complexity index is 612. The summed E-state index contributed by atoms with van der Waals surface area (Å²) in [6.07, 6.45) is 8.81. The van der Waals surface area contributed by atoms with E-state index in [-0.39, 0.29) is 12.1 Å². The normalized spacial score (nSPS) is 12.7. The van der Waals surface area contributed by atoms with Crippen LogP contribution in [0.1, 0.15) is 62.7 Å². The average molecular weight is 349 g/mol. The van der Waals surface area contributed by atoms with Crippen molar-refractivity contribution in [1.82, 2.24) is 10.6 Å². The highest BCUT2D eigenvalue weighted by atomic mass is 15.1. The summed E-state index contributed by atoms with van der Waals surface area (Å²) in [5, 5.41) is 7.31. The molecular formula is C24H32N2. The summed E-state index contributed by atoms with van der Waals surface area (Å²) >= 11 is 0. The molecule has 0 heterocycles. The number of benzene rings is 2. The van der Waals surface area contributed by atoms with Gasteiger partial charge < -0.3 is 10.6 Å². The molecule has 138 valence electrons. The molecule has 0 aliphatic heterocycles. The summed E-state index contributed by atoms with van der Waals surface area (Å²) in [5.74, 6) is 1.11. The lowest BCUT2D eigenvalue weighted by atomic mass is 10.1. The van der Waals surface area contributed by atoms with Gasteiger partial charge in [0, 0.05) is 12.1 Å². The van der Waals surface area contributed by atoms with E-state index in [1.807, 2.05) is 6.08 Å². The molecule has 0 saturated carbocycles. The van der Waals surface area contributed by atoms with Gasteiger partial charge in [-0.25, -0.2) is 0 Å². The molecule has 0 saturated heterocycles. The molecular weight excluding hydrogens is 316 g/mol. The molecule has 0 radical (unpaired) electrons. The van der Waals surface area contributed by atoms with E-state index < -0.39 is 0 Å². The van der Waals surface area contributed by atoms with Gasteiger partial charge in [0.1, 0.15) is 0 Å². The van der Waals surface area contributed by atoms with E-state index in [4.69, 9.17) is 0 Å². The summed E-state index contributed by atoms with van der Waals surface area (Å²) in [7, 11) is 0. The molecule has 0 aromatic heterocycles. The van der Waals surface area contributed by atoms with E-state index >= 15 is 0 Å². The Kier molecular flexibility index (Phi) is 8.54. The van der Waals surface area contributed by atoms with Gasteiger partial charge >= 0.3 is 0 Å². The molecule has 0 aliphatic carbocycles. The van der Waals surface area contributed by atoms with Gasteiger partial charge in [-0.3, -0.25) is 0 Å². The molecule has 0 unspecified atom stereocenters. The molecule has 0 spiro atoms. The van der Waals surface area contributed by atoms with E-state index in [9.17, 15) is 0 Å². The fraction of sp³-hybridized carbons (Fsp3) is 0.333. The van der Waals surface area contributed by atoms with Crippen LogP contribution in [0.25, 0.3) is 0 Å². The molecule has 2 N–H and O–H groups in total. The van der Waals surface area contributed by atoms with Crippen LogP contribution in [0.3, 0.4) is 0 Å². The number of hydrogen-bond donors (Lipinski definition) is 2. The zero-order chi connectivity index (χ0) is 18.6. The van der Waals surface area contributed by atoms with Crippen molar-refractivity contribution < 1.29 is 0 Å². The van der Waals surface area contributed by atoms with Gasteiger partial charge in [-0.15, -0.1) is 6.58 Å². The smallest absolute Gasteiger partial charge is 0.0954 e. The van der Waals surface area contributed by atoms with E-state index in [1.54, 1.807) is 0 Å². The van der Waals surface area contributed by atoms with Crippen LogP contribution in [0.5, 0.6) is 0 Å². The molecule has 2 rings (SSSR count). The first kappa shape index (κ1) is 19.8. The second-order valence-electron chi connectivity index (χ2n) is 6.74. The second-order valence-corrected chi connectivity index (χ2v) is 6.74. The first-order chi connectivity index (χ1) is 12.7. The zero-order valence-electron chi connectivity index (χ0n) is 16.1. The Morgan fingerprint density at radius 3 is 1.73 bits per heavy atom.